The fourth-order valence-corrected chi connectivity index (χ4v) is 2.07. The van der Waals surface area contributed by atoms with Crippen molar-refractivity contribution in [3.05, 3.63) is 67.0 Å². The normalized spacial score (nSPS) is 10.3. The predicted molar refractivity (Wildman–Crippen MR) is 77.6 cm³/mol. The van der Waals surface area contributed by atoms with Crippen molar-refractivity contribution in [3.63, 3.8) is 0 Å². The summed E-state index contributed by atoms with van der Waals surface area (Å²) in [6.45, 7) is 0. The molecule has 2 aromatic carbocycles. The minimum Gasteiger partial charge on any atom is -0.507 e. The number of hydrogen-bond donors (Lipinski definition) is 3. The van der Waals surface area contributed by atoms with Crippen LogP contribution in [0.3, 0.4) is 0 Å². The molecule has 0 aliphatic rings. The number of rotatable bonds is 3. The van der Waals surface area contributed by atoms with E-state index >= 15 is 0 Å². The van der Waals surface area contributed by atoms with Crippen LogP contribution in [0.2, 0.25) is 0 Å². The molecule has 0 aliphatic heterocycles. The van der Waals surface area contributed by atoms with E-state index in [4.69, 9.17) is 0 Å². The average Bonchev–Trinajstić information content (AvgIpc) is 2.88. The summed E-state index contributed by atoms with van der Waals surface area (Å²) < 4.78 is 0. The lowest BCUT2D eigenvalue weighted by Crippen LogP contribution is -1.90. The van der Waals surface area contributed by atoms with Crippen molar-refractivity contribution in [2.45, 2.75) is 0 Å². The highest BCUT2D eigenvalue weighted by Crippen LogP contribution is 2.35. The SMILES string of the molecule is Oc1ccccc1-c1c[nH]cc1Nc1ccccc1. The molecule has 0 saturated carbocycles. The Labute approximate surface area is 111 Å². The highest BCUT2D eigenvalue weighted by atomic mass is 16.3. The predicted octanol–water partition coefficient (Wildman–Crippen LogP) is 4.13. The van der Waals surface area contributed by atoms with Crippen LogP contribution in [0, 0.1) is 0 Å². The number of nitrogens with one attached hydrogen (secondary N) is 2. The van der Waals surface area contributed by atoms with Crippen LogP contribution in [0.4, 0.5) is 11.4 Å². The number of benzene rings is 2. The van der Waals surface area contributed by atoms with Crippen LogP contribution in [-0.4, -0.2) is 10.1 Å². The quantitative estimate of drug-likeness (QED) is 0.654. The largest absolute Gasteiger partial charge is 0.507 e. The topological polar surface area (TPSA) is 48.0 Å². The number of phenols is 1. The fourth-order valence-electron chi connectivity index (χ4n) is 2.07. The first-order chi connectivity index (χ1) is 9.34. The molecule has 3 N–H and O–H groups in total. The smallest absolute Gasteiger partial charge is 0.123 e. The average molecular weight is 250 g/mol. The molecule has 0 atom stereocenters. The Morgan fingerprint density at radius 1 is 0.789 bits per heavy atom. The Morgan fingerprint density at radius 3 is 2.32 bits per heavy atom. The van der Waals surface area contributed by atoms with Gasteiger partial charge in [-0.05, 0) is 18.2 Å². The second kappa shape index (κ2) is 4.90. The summed E-state index contributed by atoms with van der Waals surface area (Å²) in [6, 6.07) is 17.3. The summed E-state index contributed by atoms with van der Waals surface area (Å²) in [5.74, 6) is 0.276. The van der Waals surface area contributed by atoms with Gasteiger partial charge < -0.3 is 15.4 Å². The Hall–Kier alpha value is -2.68. The summed E-state index contributed by atoms with van der Waals surface area (Å²) in [5, 5.41) is 13.3. The van der Waals surface area contributed by atoms with E-state index in [0.717, 1.165) is 22.5 Å². The van der Waals surface area contributed by atoms with Gasteiger partial charge in [0.1, 0.15) is 5.75 Å². The Bertz CT molecular complexity index is 674. The van der Waals surface area contributed by atoms with Crippen LogP contribution in [0.5, 0.6) is 5.75 Å². The number of aromatic amines is 1. The molecule has 3 nitrogen and oxygen atoms in total. The van der Waals surface area contributed by atoms with E-state index in [1.807, 2.05) is 60.9 Å². The first kappa shape index (κ1) is 11.4. The number of phenolic OH excluding ortho intramolecular Hbond substituents is 1. The number of aromatic nitrogens is 1. The van der Waals surface area contributed by atoms with Gasteiger partial charge in [-0.25, -0.2) is 0 Å². The molecule has 0 bridgehead atoms. The second-order valence-corrected chi connectivity index (χ2v) is 4.29. The first-order valence-corrected chi connectivity index (χ1v) is 6.12. The number of H-pyrrole nitrogens is 1. The van der Waals surface area contributed by atoms with E-state index in [9.17, 15) is 5.11 Å². The monoisotopic (exact) mass is 250 g/mol. The lowest BCUT2D eigenvalue weighted by molar-refractivity contribution is 0.477. The van der Waals surface area contributed by atoms with Gasteiger partial charge in [0.2, 0.25) is 0 Å². The van der Waals surface area contributed by atoms with Crippen molar-refractivity contribution in [3.8, 4) is 16.9 Å². The van der Waals surface area contributed by atoms with Crippen molar-refractivity contribution in [2.24, 2.45) is 0 Å². The van der Waals surface area contributed by atoms with Gasteiger partial charge in [-0.1, -0.05) is 36.4 Å². The molecule has 3 heteroatoms. The molecule has 0 saturated heterocycles. The maximum Gasteiger partial charge on any atom is 0.123 e. The fraction of sp³-hybridized carbons (Fsp3) is 0. The van der Waals surface area contributed by atoms with E-state index in [1.165, 1.54) is 0 Å². The summed E-state index contributed by atoms with van der Waals surface area (Å²) in [4.78, 5) is 3.07. The third-order valence-electron chi connectivity index (χ3n) is 2.99. The van der Waals surface area contributed by atoms with Gasteiger partial charge in [0.05, 0.1) is 5.69 Å². The number of aromatic hydroxyl groups is 1. The van der Waals surface area contributed by atoms with Crippen molar-refractivity contribution < 1.29 is 5.11 Å². The van der Waals surface area contributed by atoms with Gasteiger partial charge in [-0.15, -0.1) is 0 Å². The van der Waals surface area contributed by atoms with Crippen LogP contribution in [0.1, 0.15) is 0 Å². The second-order valence-electron chi connectivity index (χ2n) is 4.29. The van der Waals surface area contributed by atoms with Crippen LogP contribution in [-0.2, 0) is 0 Å². The van der Waals surface area contributed by atoms with Crippen LogP contribution in [0.15, 0.2) is 67.0 Å². The molecule has 94 valence electrons. The molecule has 3 rings (SSSR count). The van der Waals surface area contributed by atoms with E-state index in [2.05, 4.69) is 10.3 Å². The van der Waals surface area contributed by atoms with Crippen LogP contribution < -0.4 is 5.32 Å². The number of para-hydroxylation sites is 2. The maximum atomic E-state index is 9.93. The van der Waals surface area contributed by atoms with E-state index < -0.39 is 0 Å². The zero-order valence-electron chi connectivity index (χ0n) is 10.3. The van der Waals surface area contributed by atoms with E-state index in [-0.39, 0.29) is 5.75 Å². The lowest BCUT2D eigenvalue weighted by atomic mass is 10.1. The van der Waals surface area contributed by atoms with Crippen LogP contribution >= 0.6 is 0 Å². The minimum absolute atomic E-state index is 0.276. The molecule has 1 heterocycles. The van der Waals surface area contributed by atoms with Crippen molar-refractivity contribution in [1.29, 1.82) is 0 Å². The molecule has 0 aliphatic carbocycles. The van der Waals surface area contributed by atoms with Crippen molar-refractivity contribution in [2.75, 3.05) is 5.32 Å². The zero-order valence-corrected chi connectivity index (χ0v) is 10.3. The number of hydrogen-bond acceptors (Lipinski definition) is 2. The lowest BCUT2D eigenvalue weighted by Gasteiger charge is -2.08. The molecule has 19 heavy (non-hydrogen) atoms. The molecule has 0 amide bonds. The standard InChI is InChI=1S/C16H14N2O/c19-16-9-5-4-8-13(16)14-10-17-11-15(14)18-12-6-2-1-3-7-12/h1-11,17-19H. The van der Waals surface area contributed by atoms with Gasteiger partial charge in [-0.3, -0.25) is 0 Å². The molecule has 0 spiro atoms. The van der Waals surface area contributed by atoms with Crippen LogP contribution in [0.25, 0.3) is 11.1 Å². The molecule has 0 fully saturated rings. The first-order valence-electron chi connectivity index (χ1n) is 6.12. The van der Waals surface area contributed by atoms with Crippen molar-refractivity contribution >= 4 is 11.4 Å². The summed E-state index contributed by atoms with van der Waals surface area (Å²) in [7, 11) is 0. The molecule has 1 aromatic heterocycles. The van der Waals surface area contributed by atoms with Gasteiger partial charge in [0, 0.05) is 29.2 Å². The molecular weight excluding hydrogens is 236 g/mol. The van der Waals surface area contributed by atoms with Gasteiger partial charge in [0.15, 0.2) is 0 Å². The van der Waals surface area contributed by atoms with Crippen molar-refractivity contribution in [1.82, 2.24) is 4.98 Å². The Morgan fingerprint density at radius 2 is 1.53 bits per heavy atom. The summed E-state index contributed by atoms with van der Waals surface area (Å²) in [6.07, 6.45) is 3.76. The van der Waals surface area contributed by atoms with E-state index in [0.29, 0.717) is 0 Å². The Balaban J connectivity index is 1.98. The van der Waals surface area contributed by atoms with Gasteiger partial charge >= 0.3 is 0 Å². The maximum absolute atomic E-state index is 9.93. The summed E-state index contributed by atoms with van der Waals surface area (Å²) >= 11 is 0. The molecule has 0 radical (unpaired) electrons. The summed E-state index contributed by atoms with van der Waals surface area (Å²) in [5.41, 5.74) is 3.70. The van der Waals surface area contributed by atoms with Gasteiger partial charge in [-0.2, -0.15) is 0 Å². The highest BCUT2D eigenvalue weighted by Gasteiger charge is 2.09. The molecule has 3 aromatic rings. The number of anilines is 2. The zero-order chi connectivity index (χ0) is 13.1. The third kappa shape index (κ3) is 2.31. The van der Waals surface area contributed by atoms with Gasteiger partial charge in [0.25, 0.3) is 0 Å². The minimum atomic E-state index is 0.276. The van der Waals surface area contributed by atoms with E-state index in [1.54, 1.807) is 6.07 Å². The molecular formula is C16H14N2O. The highest BCUT2D eigenvalue weighted by molar-refractivity contribution is 5.83. The molecule has 0 unspecified atom stereocenters. The Kier molecular flexibility index (Phi) is 2.94. The third-order valence-corrected chi connectivity index (χ3v) is 2.99.